The molecule has 0 saturated carbocycles. The maximum atomic E-state index is 9.02. The second kappa shape index (κ2) is 6.34. The molecule has 0 saturated heterocycles. The second-order valence-corrected chi connectivity index (χ2v) is 5.60. The van der Waals surface area contributed by atoms with Gasteiger partial charge in [0, 0.05) is 22.4 Å². The summed E-state index contributed by atoms with van der Waals surface area (Å²) in [7, 11) is 0. The van der Waals surface area contributed by atoms with Gasteiger partial charge in [-0.15, -0.1) is 0 Å². The quantitative estimate of drug-likeness (QED) is 0.867. The molecule has 0 spiro atoms. The highest BCUT2D eigenvalue weighted by molar-refractivity contribution is 9.10. The van der Waals surface area contributed by atoms with Crippen LogP contribution in [0.1, 0.15) is 29.9 Å². The van der Waals surface area contributed by atoms with E-state index in [0.717, 1.165) is 12.8 Å². The first-order valence-corrected chi connectivity index (χ1v) is 7.44. The summed E-state index contributed by atoms with van der Waals surface area (Å²) in [6, 6.07) is 10.5. The molecule has 1 N–H and O–H groups in total. The number of aliphatic hydroxyl groups is 1. The number of hydrogen-bond donors (Lipinski definition) is 1. The monoisotopic (exact) mass is 310 g/mol. The molecule has 0 fully saturated rings. The molecule has 0 aliphatic rings. The third-order valence-corrected chi connectivity index (χ3v) is 4.62. The summed E-state index contributed by atoms with van der Waals surface area (Å²) in [6.45, 7) is 0.255. The van der Waals surface area contributed by atoms with Gasteiger partial charge in [-0.1, -0.05) is 30.3 Å². The second-order valence-electron chi connectivity index (χ2n) is 4.00. The van der Waals surface area contributed by atoms with E-state index in [1.165, 1.54) is 15.6 Å². The fourth-order valence-electron chi connectivity index (χ4n) is 2.02. The molecule has 1 atom stereocenters. The molecule has 0 radical (unpaired) electrons. The zero-order chi connectivity index (χ0) is 12.1. The summed E-state index contributed by atoms with van der Waals surface area (Å²) in [5, 5.41) is 13.3. The van der Waals surface area contributed by atoms with Gasteiger partial charge in [0.1, 0.15) is 0 Å². The highest BCUT2D eigenvalue weighted by Crippen LogP contribution is 2.36. The summed E-state index contributed by atoms with van der Waals surface area (Å²) < 4.78 is 1.18. The topological polar surface area (TPSA) is 20.2 Å². The van der Waals surface area contributed by atoms with Crippen molar-refractivity contribution in [1.29, 1.82) is 0 Å². The first kappa shape index (κ1) is 12.8. The summed E-state index contributed by atoms with van der Waals surface area (Å²) >= 11 is 5.32. The third kappa shape index (κ3) is 3.18. The molecule has 0 aliphatic carbocycles. The Morgan fingerprint density at radius 1 is 1.18 bits per heavy atom. The lowest BCUT2D eigenvalue weighted by atomic mass is 9.89. The standard InChI is InChI=1S/C14H15BrOS/c15-14-10-17-9-13(14)12(7-4-8-16)11-5-2-1-3-6-11/h1-3,5-6,9-10,12,16H,4,7-8H2. The molecule has 1 heterocycles. The van der Waals surface area contributed by atoms with Crippen molar-refractivity contribution in [2.24, 2.45) is 0 Å². The minimum absolute atomic E-state index is 0.255. The van der Waals surface area contributed by atoms with E-state index < -0.39 is 0 Å². The maximum absolute atomic E-state index is 9.02. The Bertz CT molecular complexity index is 452. The van der Waals surface area contributed by atoms with Gasteiger partial charge in [0.2, 0.25) is 0 Å². The molecule has 90 valence electrons. The van der Waals surface area contributed by atoms with Gasteiger partial charge in [0.25, 0.3) is 0 Å². The number of rotatable bonds is 5. The van der Waals surface area contributed by atoms with Crippen LogP contribution in [0.25, 0.3) is 0 Å². The molecule has 3 heteroatoms. The number of aliphatic hydroxyl groups excluding tert-OH is 1. The lowest BCUT2D eigenvalue weighted by molar-refractivity contribution is 0.282. The van der Waals surface area contributed by atoms with E-state index in [1.54, 1.807) is 11.3 Å². The molecule has 17 heavy (non-hydrogen) atoms. The van der Waals surface area contributed by atoms with Crippen molar-refractivity contribution in [2.75, 3.05) is 6.61 Å². The minimum Gasteiger partial charge on any atom is -0.396 e. The average molecular weight is 311 g/mol. The van der Waals surface area contributed by atoms with Crippen LogP contribution in [-0.2, 0) is 0 Å². The van der Waals surface area contributed by atoms with Crippen LogP contribution in [0.15, 0.2) is 45.6 Å². The van der Waals surface area contributed by atoms with Crippen LogP contribution in [0.4, 0.5) is 0 Å². The lowest BCUT2D eigenvalue weighted by Gasteiger charge is -2.16. The highest BCUT2D eigenvalue weighted by atomic mass is 79.9. The molecule has 1 nitrogen and oxygen atoms in total. The molecular weight excluding hydrogens is 296 g/mol. The first-order valence-electron chi connectivity index (χ1n) is 5.70. The fraction of sp³-hybridized carbons (Fsp3) is 0.286. The van der Waals surface area contributed by atoms with E-state index >= 15 is 0 Å². The summed E-state index contributed by atoms with van der Waals surface area (Å²) in [6.07, 6.45) is 1.82. The van der Waals surface area contributed by atoms with Crippen LogP contribution in [0.2, 0.25) is 0 Å². The summed E-state index contributed by atoms with van der Waals surface area (Å²) in [5.74, 6) is 0.379. The normalized spacial score (nSPS) is 12.6. The van der Waals surface area contributed by atoms with Crippen LogP contribution in [0, 0.1) is 0 Å². The van der Waals surface area contributed by atoms with Crippen LogP contribution >= 0.6 is 27.3 Å². The number of thiophene rings is 1. The third-order valence-electron chi connectivity index (χ3n) is 2.87. The lowest BCUT2D eigenvalue weighted by Crippen LogP contribution is -2.01. The Hall–Kier alpha value is -0.640. The maximum Gasteiger partial charge on any atom is 0.0431 e. The van der Waals surface area contributed by atoms with E-state index in [4.69, 9.17) is 5.11 Å². The molecule has 2 aromatic rings. The number of halogens is 1. The van der Waals surface area contributed by atoms with Crippen LogP contribution in [-0.4, -0.2) is 11.7 Å². The Kier molecular flexibility index (Phi) is 4.77. The Labute approximate surface area is 114 Å². The average Bonchev–Trinajstić information content (AvgIpc) is 2.78. The van der Waals surface area contributed by atoms with E-state index in [-0.39, 0.29) is 6.61 Å². The van der Waals surface area contributed by atoms with E-state index in [0.29, 0.717) is 5.92 Å². The number of hydrogen-bond acceptors (Lipinski definition) is 2. The molecule has 1 aromatic carbocycles. The minimum atomic E-state index is 0.255. The molecule has 1 aromatic heterocycles. The van der Waals surface area contributed by atoms with E-state index in [9.17, 15) is 0 Å². The Morgan fingerprint density at radius 2 is 1.94 bits per heavy atom. The van der Waals surface area contributed by atoms with Crippen LogP contribution in [0.5, 0.6) is 0 Å². The smallest absolute Gasteiger partial charge is 0.0431 e. The Morgan fingerprint density at radius 3 is 2.53 bits per heavy atom. The van der Waals surface area contributed by atoms with Gasteiger partial charge < -0.3 is 5.11 Å². The first-order chi connectivity index (χ1) is 8.33. The van der Waals surface area contributed by atoms with Crippen LogP contribution < -0.4 is 0 Å². The van der Waals surface area contributed by atoms with E-state index in [1.807, 2.05) is 6.07 Å². The van der Waals surface area contributed by atoms with Gasteiger partial charge in [0.15, 0.2) is 0 Å². The van der Waals surface area contributed by atoms with Gasteiger partial charge in [-0.05, 0) is 45.3 Å². The zero-order valence-electron chi connectivity index (χ0n) is 9.47. The molecular formula is C14H15BrOS. The van der Waals surface area contributed by atoms with Crippen molar-refractivity contribution in [2.45, 2.75) is 18.8 Å². The van der Waals surface area contributed by atoms with Crippen molar-refractivity contribution in [3.63, 3.8) is 0 Å². The predicted octanol–water partition coefficient (Wildman–Crippen LogP) is 4.42. The van der Waals surface area contributed by atoms with E-state index in [2.05, 4.69) is 51.0 Å². The number of benzene rings is 1. The fourth-order valence-corrected chi connectivity index (χ4v) is 3.65. The van der Waals surface area contributed by atoms with Gasteiger partial charge in [-0.3, -0.25) is 0 Å². The van der Waals surface area contributed by atoms with Crippen molar-refractivity contribution < 1.29 is 5.11 Å². The Balaban J connectivity index is 2.29. The summed E-state index contributed by atoms with van der Waals surface area (Å²) in [5.41, 5.74) is 2.65. The van der Waals surface area contributed by atoms with Crippen molar-refractivity contribution in [3.8, 4) is 0 Å². The highest BCUT2D eigenvalue weighted by Gasteiger charge is 2.16. The SMILES string of the molecule is OCCCC(c1ccccc1)c1cscc1Br. The van der Waals surface area contributed by atoms with Crippen molar-refractivity contribution in [1.82, 2.24) is 0 Å². The largest absolute Gasteiger partial charge is 0.396 e. The van der Waals surface area contributed by atoms with Gasteiger partial charge >= 0.3 is 0 Å². The molecule has 0 bridgehead atoms. The van der Waals surface area contributed by atoms with Gasteiger partial charge in [-0.25, -0.2) is 0 Å². The summed E-state index contributed by atoms with van der Waals surface area (Å²) in [4.78, 5) is 0. The van der Waals surface area contributed by atoms with Gasteiger partial charge in [0.05, 0.1) is 0 Å². The molecule has 0 amide bonds. The van der Waals surface area contributed by atoms with Crippen molar-refractivity contribution in [3.05, 3.63) is 56.7 Å². The zero-order valence-corrected chi connectivity index (χ0v) is 11.9. The molecule has 2 rings (SSSR count). The van der Waals surface area contributed by atoms with Crippen molar-refractivity contribution >= 4 is 27.3 Å². The van der Waals surface area contributed by atoms with Crippen LogP contribution in [0.3, 0.4) is 0 Å². The molecule has 0 aliphatic heterocycles. The molecule has 1 unspecified atom stereocenters. The predicted molar refractivity (Wildman–Crippen MR) is 76.6 cm³/mol. The van der Waals surface area contributed by atoms with Gasteiger partial charge in [-0.2, -0.15) is 11.3 Å².